The normalized spacial score (nSPS) is 24.8. The van der Waals surface area contributed by atoms with Crippen molar-refractivity contribution in [2.75, 3.05) is 7.05 Å². The van der Waals surface area contributed by atoms with Crippen LogP contribution in [0.15, 0.2) is 30.3 Å². The monoisotopic (exact) mass is 237 g/mol. The Morgan fingerprint density at radius 2 is 2.06 bits per heavy atom. The first kappa shape index (κ1) is 11.9. The van der Waals surface area contributed by atoms with Crippen LogP contribution in [0.25, 0.3) is 0 Å². The third kappa shape index (κ3) is 2.98. The molecule has 0 spiro atoms. The number of nitrogens with zero attached hydrogens (tertiary/aromatic N) is 1. The van der Waals surface area contributed by atoms with Gasteiger partial charge in [-0.3, -0.25) is 5.32 Å². The second kappa shape index (κ2) is 4.75. The van der Waals surface area contributed by atoms with Gasteiger partial charge in [0.2, 0.25) is 0 Å². The maximum absolute atomic E-state index is 3.53. The zero-order valence-electron chi connectivity index (χ0n) is 10.0. The highest BCUT2D eigenvalue weighted by Gasteiger charge is 2.34. The molecule has 1 unspecified atom stereocenters. The first-order valence-corrected chi connectivity index (χ1v) is 6.40. The molecule has 1 heterocycles. The fourth-order valence-electron chi connectivity index (χ4n) is 1.85. The molecule has 2 N–H and O–H groups in total. The van der Waals surface area contributed by atoms with E-state index >= 15 is 0 Å². The average molecular weight is 237 g/mol. The number of thioether (sulfide) groups is 1. The molecule has 0 saturated carbocycles. The van der Waals surface area contributed by atoms with Crippen LogP contribution in [0, 0.1) is 0 Å². The second-order valence-corrected chi connectivity index (χ2v) is 6.27. The molecule has 0 amide bonds. The minimum Gasteiger partial charge on any atom is -0.288 e. The van der Waals surface area contributed by atoms with Gasteiger partial charge in [0, 0.05) is 13.6 Å². The van der Waals surface area contributed by atoms with Crippen molar-refractivity contribution < 1.29 is 0 Å². The van der Waals surface area contributed by atoms with Gasteiger partial charge in [-0.05, 0) is 19.4 Å². The molecular formula is C12H19N3S. The molecule has 2 rings (SSSR count). The summed E-state index contributed by atoms with van der Waals surface area (Å²) in [4.78, 5) is 0.114. The van der Waals surface area contributed by atoms with E-state index < -0.39 is 0 Å². The Labute approximate surface area is 102 Å². The summed E-state index contributed by atoms with van der Waals surface area (Å²) in [5.74, 6) is 0. The summed E-state index contributed by atoms with van der Waals surface area (Å²) >= 11 is 1.90. The van der Waals surface area contributed by atoms with Crippen molar-refractivity contribution in [3.63, 3.8) is 0 Å². The lowest BCUT2D eigenvalue weighted by Gasteiger charge is -2.19. The predicted molar refractivity (Wildman–Crippen MR) is 69.6 cm³/mol. The van der Waals surface area contributed by atoms with Crippen molar-refractivity contribution in [1.82, 2.24) is 15.8 Å². The summed E-state index contributed by atoms with van der Waals surface area (Å²) in [7, 11) is 2.07. The lowest BCUT2D eigenvalue weighted by atomic mass is 10.2. The summed E-state index contributed by atoms with van der Waals surface area (Å²) in [6, 6.07) is 10.5. The lowest BCUT2D eigenvalue weighted by Crippen LogP contribution is -2.44. The third-order valence-corrected chi connectivity index (χ3v) is 3.91. The van der Waals surface area contributed by atoms with Gasteiger partial charge in [-0.1, -0.05) is 30.3 Å². The molecule has 1 fully saturated rings. The third-order valence-electron chi connectivity index (χ3n) is 2.53. The fraction of sp³-hybridized carbons (Fsp3) is 0.500. The van der Waals surface area contributed by atoms with Crippen LogP contribution in [0.3, 0.4) is 0 Å². The van der Waals surface area contributed by atoms with Crippen molar-refractivity contribution in [2.45, 2.75) is 30.8 Å². The van der Waals surface area contributed by atoms with Crippen LogP contribution in [-0.2, 0) is 6.54 Å². The summed E-state index contributed by atoms with van der Waals surface area (Å²) in [6.45, 7) is 5.29. The van der Waals surface area contributed by atoms with Gasteiger partial charge < -0.3 is 0 Å². The van der Waals surface area contributed by atoms with Crippen molar-refractivity contribution in [1.29, 1.82) is 0 Å². The highest BCUT2D eigenvalue weighted by molar-refractivity contribution is 8.01. The van der Waals surface area contributed by atoms with Gasteiger partial charge in [0.05, 0.1) is 4.87 Å². The molecule has 3 nitrogen and oxygen atoms in total. The molecule has 0 radical (unpaired) electrons. The summed E-state index contributed by atoms with van der Waals surface area (Å²) in [5.41, 5.74) is 5.06. The quantitative estimate of drug-likeness (QED) is 0.840. The van der Waals surface area contributed by atoms with Crippen LogP contribution in [-0.4, -0.2) is 22.4 Å². The predicted octanol–water partition coefficient (Wildman–Crippen LogP) is 1.98. The minimum absolute atomic E-state index is 0.114. The SMILES string of the molecule is CN1NC(C)(C)SC1NCc1ccccc1. The van der Waals surface area contributed by atoms with Crippen molar-refractivity contribution in [2.24, 2.45) is 0 Å². The number of benzene rings is 1. The summed E-state index contributed by atoms with van der Waals surface area (Å²) < 4.78 is 0. The first-order chi connectivity index (χ1) is 7.57. The fourth-order valence-corrected chi connectivity index (χ4v) is 2.98. The molecule has 1 aliphatic heterocycles. The number of hydrazine groups is 1. The molecular weight excluding hydrogens is 218 g/mol. The highest BCUT2D eigenvalue weighted by Crippen LogP contribution is 2.32. The van der Waals surface area contributed by atoms with E-state index in [1.54, 1.807) is 0 Å². The Bertz CT molecular complexity index is 339. The van der Waals surface area contributed by atoms with Crippen LogP contribution in [0.1, 0.15) is 19.4 Å². The van der Waals surface area contributed by atoms with E-state index in [-0.39, 0.29) is 4.87 Å². The molecule has 4 heteroatoms. The maximum atomic E-state index is 3.53. The Kier molecular flexibility index (Phi) is 3.54. The number of hydrogen-bond acceptors (Lipinski definition) is 4. The average Bonchev–Trinajstić information content (AvgIpc) is 2.50. The summed E-state index contributed by atoms with van der Waals surface area (Å²) in [5, 5.41) is 5.66. The van der Waals surface area contributed by atoms with E-state index in [9.17, 15) is 0 Å². The van der Waals surface area contributed by atoms with Crippen LogP contribution < -0.4 is 10.7 Å². The molecule has 1 aromatic carbocycles. The second-order valence-electron chi connectivity index (χ2n) is 4.57. The molecule has 0 aromatic heterocycles. The van der Waals surface area contributed by atoms with Gasteiger partial charge in [0.15, 0.2) is 0 Å². The Morgan fingerprint density at radius 1 is 1.38 bits per heavy atom. The molecule has 0 bridgehead atoms. The highest BCUT2D eigenvalue weighted by atomic mass is 32.2. The smallest absolute Gasteiger partial charge is 0.122 e. The molecule has 1 saturated heterocycles. The Balaban J connectivity index is 1.87. The molecule has 0 aliphatic carbocycles. The van der Waals surface area contributed by atoms with E-state index in [4.69, 9.17) is 0 Å². The minimum atomic E-state index is 0.114. The van der Waals surface area contributed by atoms with Crippen LogP contribution in [0.4, 0.5) is 0 Å². The largest absolute Gasteiger partial charge is 0.288 e. The molecule has 88 valence electrons. The van der Waals surface area contributed by atoms with Gasteiger partial charge in [0.25, 0.3) is 0 Å². The van der Waals surface area contributed by atoms with Crippen LogP contribution >= 0.6 is 11.8 Å². The Hall–Kier alpha value is -0.550. The first-order valence-electron chi connectivity index (χ1n) is 5.53. The standard InChI is InChI=1S/C12H19N3S/c1-12(2)14-15(3)11(16-12)13-9-10-7-5-4-6-8-10/h4-8,11,13-14H,9H2,1-3H3. The van der Waals surface area contributed by atoms with Crippen molar-refractivity contribution >= 4 is 11.8 Å². The van der Waals surface area contributed by atoms with Gasteiger partial charge in [0.1, 0.15) is 5.50 Å². The van der Waals surface area contributed by atoms with Gasteiger partial charge >= 0.3 is 0 Å². The van der Waals surface area contributed by atoms with E-state index in [2.05, 4.69) is 60.9 Å². The Morgan fingerprint density at radius 3 is 2.62 bits per heavy atom. The van der Waals surface area contributed by atoms with E-state index in [1.807, 2.05) is 17.8 Å². The van der Waals surface area contributed by atoms with Gasteiger partial charge in [-0.15, -0.1) is 11.8 Å². The van der Waals surface area contributed by atoms with E-state index in [0.29, 0.717) is 5.50 Å². The zero-order valence-corrected chi connectivity index (χ0v) is 10.8. The lowest BCUT2D eigenvalue weighted by molar-refractivity contribution is 0.190. The molecule has 1 aromatic rings. The van der Waals surface area contributed by atoms with Crippen LogP contribution in [0.5, 0.6) is 0 Å². The van der Waals surface area contributed by atoms with E-state index in [0.717, 1.165) is 6.54 Å². The number of hydrogen-bond donors (Lipinski definition) is 2. The van der Waals surface area contributed by atoms with Crippen molar-refractivity contribution in [3.05, 3.63) is 35.9 Å². The van der Waals surface area contributed by atoms with Gasteiger partial charge in [-0.25, -0.2) is 10.4 Å². The molecule has 16 heavy (non-hydrogen) atoms. The topological polar surface area (TPSA) is 27.3 Å². The van der Waals surface area contributed by atoms with E-state index in [1.165, 1.54) is 5.56 Å². The zero-order chi connectivity index (χ0) is 11.6. The van der Waals surface area contributed by atoms with Crippen LogP contribution in [0.2, 0.25) is 0 Å². The summed E-state index contributed by atoms with van der Waals surface area (Å²) in [6.07, 6.45) is 0. The maximum Gasteiger partial charge on any atom is 0.122 e. The molecule has 1 atom stereocenters. The molecule has 1 aliphatic rings. The number of rotatable bonds is 3. The van der Waals surface area contributed by atoms with Gasteiger partial charge in [-0.2, -0.15) is 0 Å². The van der Waals surface area contributed by atoms with Crippen molar-refractivity contribution in [3.8, 4) is 0 Å². The number of nitrogens with one attached hydrogen (secondary N) is 2.